The predicted octanol–water partition coefficient (Wildman–Crippen LogP) is 5.95. The van der Waals surface area contributed by atoms with Crippen LogP contribution < -0.4 is 24.3 Å². The molecular formula is C30H37NO6. The van der Waals surface area contributed by atoms with Gasteiger partial charge in [0.1, 0.15) is 5.75 Å². The van der Waals surface area contributed by atoms with Crippen molar-refractivity contribution in [3.8, 4) is 23.0 Å². The molecule has 0 radical (unpaired) electrons. The molecule has 7 heteroatoms. The van der Waals surface area contributed by atoms with Crippen LogP contribution >= 0.6 is 0 Å². The second kappa shape index (κ2) is 14.1. The van der Waals surface area contributed by atoms with Crippen LogP contribution in [0.2, 0.25) is 0 Å². The highest BCUT2D eigenvalue weighted by atomic mass is 16.5. The van der Waals surface area contributed by atoms with Crippen LogP contribution in [-0.4, -0.2) is 46.2 Å². The summed E-state index contributed by atoms with van der Waals surface area (Å²) in [7, 11) is 4.51. The van der Waals surface area contributed by atoms with Gasteiger partial charge in [-0.15, -0.1) is 0 Å². The minimum absolute atomic E-state index is 0.177. The Labute approximate surface area is 219 Å². The lowest BCUT2D eigenvalue weighted by atomic mass is 9.95. The van der Waals surface area contributed by atoms with Gasteiger partial charge in [0, 0.05) is 12.1 Å². The number of ketones is 1. The molecule has 0 saturated carbocycles. The Morgan fingerprint density at radius 3 is 2.14 bits per heavy atom. The summed E-state index contributed by atoms with van der Waals surface area (Å²) < 4.78 is 22.2. The second-order valence-corrected chi connectivity index (χ2v) is 8.81. The van der Waals surface area contributed by atoms with Gasteiger partial charge in [0.15, 0.2) is 23.9 Å². The van der Waals surface area contributed by atoms with Gasteiger partial charge in [-0.05, 0) is 35.4 Å². The van der Waals surface area contributed by atoms with Crippen LogP contribution in [0.5, 0.6) is 23.0 Å². The average molecular weight is 508 g/mol. The monoisotopic (exact) mass is 507 g/mol. The summed E-state index contributed by atoms with van der Waals surface area (Å²) >= 11 is 0. The first-order valence-corrected chi connectivity index (χ1v) is 12.8. The lowest BCUT2D eigenvalue weighted by molar-refractivity contribution is -0.123. The number of carbonyl (C=O) groups excluding carboxylic acids is 2. The van der Waals surface area contributed by atoms with Crippen molar-refractivity contribution in [2.75, 3.05) is 34.5 Å². The Balaban J connectivity index is 1.81. The van der Waals surface area contributed by atoms with Crippen LogP contribution in [0.3, 0.4) is 0 Å². The molecule has 0 atom stereocenters. The SMILES string of the molecule is CCCCCCCCNC(=O)COc1ccc2ccccc2c1C(=O)c1cc(OC)c(OC)c(OC)c1. The second-order valence-electron chi connectivity index (χ2n) is 8.81. The minimum atomic E-state index is -0.279. The number of methoxy groups -OCH3 is 3. The summed E-state index contributed by atoms with van der Waals surface area (Å²) in [5.74, 6) is 1.00. The van der Waals surface area contributed by atoms with Crippen molar-refractivity contribution in [1.29, 1.82) is 0 Å². The number of amides is 1. The number of carbonyl (C=O) groups is 2. The zero-order valence-electron chi connectivity index (χ0n) is 22.2. The number of ether oxygens (including phenoxy) is 4. The molecule has 0 aliphatic heterocycles. The molecule has 0 aliphatic carbocycles. The highest BCUT2D eigenvalue weighted by Gasteiger charge is 2.23. The fourth-order valence-electron chi connectivity index (χ4n) is 4.29. The van der Waals surface area contributed by atoms with Crippen molar-refractivity contribution < 1.29 is 28.5 Å². The number of unbranched alkanes of at least 4 members (excludes halogenated alkanes) is 5. The maximum absolute atomic E-state index is 13.8. The standard InChI is InChI=1S/C30H37NO6/c1-5-6-7-8-9-12-17-31-27(32)20-37-24-16-15-21-13-10-11-14-23(21)28(24)29(33)22-18-25(34-2)30(36-4)26(19-22)35-3/h10-11,13-16,18-19H,5-9,12,17,20H2,1-4H3,(H,31,32). The van der Waals surface area contributed by atoms with E-state index in [0.29, 0.717) is 40.7 Å². The molecule has 3 aromatic carbocycles. The van der Waals surface area contributed by atoms with Gasteiger partial charge in [0.25, 0.3) is 5.91 Å². The largest absolute Gasteiger partial charge is 0.493 e. The first-order valence-electron chi connectivity index (χ1n) is 12.8. The van der Waals surface area contributed by atoms with Crippen LogP contribution in [0.4, 0.5) is 0 Å². The fourth-order valence-corrected chi connectivity index (χ4v) is 4.29. The van der Waals surface area contributed by atoms with Crippen molar-refractivity contribution in [3.63, 3.8) is 0 Å². The Morgan fingerprint density at radius 1 is 0.784 bits per heavy atom. The van der Waals surface area contributed by atoms with E-state index in [1.807, 2.05) is 30.3 Å². The molecule has 0 bridgehead atoms. The van der Waals surface area contributed by atoms with Gasteiger partial charge >= 0.3 is 0 Å². The van der Waals surface area contributed by atoms with Crippen LogP contribution in [0.25, 0.3) is 10.8 Å². The third-order valence-electron chi connectivity index (χ3n) is 6.26. The Hall–Kier alpha value is -3.74. The van der Waals surface area contributed by atoms with E-state index in [4.69, 9.17) is 18.9 Å². The molecule has 0 spiro atoms. The molecule has 3 aromatic rings. The van der Waals surface area contributed by atoms with Gasteiger partial charge in [-0.25, -0.2) is 0 Å². The Kier molecular flexibility index (Phi) is 10.6. The van der Waals surface area contributed by atoms with Crippen LogP contribution in [0, 0.1) is 0 Å². The van der Waals surface area contributed by atoms with E-state index in [2.05, 4.69) is 12.2 Å². The summed E-state index contributed by atoms with van der Waals surface area (Å²) in [6, 6.07) is 14.4. The molecule has 198 valence electrons. The first-order chi connectivity index (χ1) is 18.0. The summed E-state index contributed by atoms with van der Waals surface area (Å²) in [6.45, 7) is 2.63. The molecule has 3 rings (SSSR count). The number of rotatable bonds is 15. The quantitative estimate of drug-likeness (QED) is 0.202. The third kappa shape index (κ3) is 7.15. The smallest absolute Gasteiger partial charge is 0.257 e. The van der Waals surface area contributed by atoms with Gasteiger partial charge in [0.2, 0.25) is 5.75 Å². The summed E-state index contributed by atoms with van der Waals surface area (Å²) in [6.07, 6.45) is 6.92. The average Bonchev–Trinajstić information content (AvgIpc) is 2.93. The number of fused-ring (bicyclic) bond motifs is 1. The van der Waals surface area contributed by atoms with Crippen LogP contribution in [-0.2, 0) is 4.79 Å². The minimum Gasteiger partial charge on any atom is -0.493 e. The van der Waals surface area contributed by atoms with E-state index < -0.39 is 0 Å². The molecule has 0 saturated heterocycles. The van der Waals surface area contributed by atoms with Crippen molar-refractivity contribution in [1.82, 2.24) is 5.32 Å². The van der Waals surface area contributed by atoms with E-state index >= 15 is 0 Å². The Morgan fingerprint density at radius 2 is 1.46 bits per heavy atom. The van der Waals surface area contributed by atoms with Crippen molar-refractivity contribution >= 4 is 22.5 Å². The first kappa shape index (κ1) is 27.8. The molecule has 0 aliphatic rings. The number of hydrogen-bond acceptors (Lipinski definition) is 6. The molecule has 0 unspecified atom stereocenters. The Bertz CT molecular complexity index is 1180. The van der Waals surface area contributed by atoms with E-state index in [9.17, 15) is 9.59 Å². The molecule has 1 N–H and O–H groups in total. The molecule has 7 nitrogen and oxygen atoms in total. The lowest BCUT2D eigenvalue weighted by Gasteiger charge is -2.16. The molecule has 0 fully saturated rings. The number of nitrogens with one attached hydrogen (secondary N) is 1. The normalized spacial score (nSPS) is 10.7. The van der Waals surface area contributed by atoms with Crippen molar-refractivity contribution in [2.24, 2.45) is 0 Å². The maximum Gasteiger partial charge on any atom is 0.257 e. The topological polar surface area (TPSA) is 83.1 Å². The predicted molar refractivity (Wildman–Crippen MR) is 145 cm³/mol. The molecular weight excluding hydrogens is 470 g/mol. The number of hydrogen-bond donors (Lipinski definition) is 1. The molecule has 0 aromatic heterocycles. The van der Waals surface area contributed by atoms with Crippen LogP contribution in [0.15, 0.2) is 48.5 Å². The van der Waals surface area contributed by atoms with Gasteiger partial charge in [-0.2, -0.15) is 0 Å². The lowest BCUT2D eigenvalue weighted by Crippen LogP contribution is -2.30. The number of benzene rings is 3. The fraction of sp³-hybridized carbons (Fsp3) is 0.400. The van der Waals surface area contributed by atoms with Gasteiger partial charge in [0.05, 0.1) is 26.9 Å². The molecule has 37 heavy (non-hydrogen) atoms. The summed E-state index contributed by atoms with van der Waals surface area (Å²) in [4.78, 5) is 26.3. The van der Waals surface area contributed by atoms with Gasteiger partial charge in [-0.3, -0.25) is 9.59 Å². The van der Waals surface area contributed by atoms with E-state index in [1.54, 1.807) is 18.2 Å². The van der Waals surface area contributed by atoms with Crippen LogP contribution in [0.1, 0.15) is 61.4 Å². The third-order valence-corrected chi connectivity index (χ3v) is 6.26. The van der Waals surface area contributed by atoms with Gasteiger partial charge < -0.3 is 24.3 Å². The highest BCUT2D eigenvalue weighted by molar-refractivity contribution is 6.18. The molecule has 0 heterocycles. The zero-order valence-corrected chi connectivity index (χ0v) is 22.2. The van der Waals surface area contributed by atoms with Crippen molar-refractivity contribution in [3.05, 3.63) is 59.7 Å². The van der Waals surface area contributed by atoms with E-state index in [0.717, 1.165) is 23.6 Å². The maximum atomic E-state index is 13.8. The van der Waals surface area contributed by atoms with Gasteiger partial charge in [-0.1, -0.05) is 69.4 Å². The van der Waals surface area contributed by atoms with E-state index in [-0.39, 0.29) is 18.3 Å². The van der Waals surface area contributed by atoms with Crippen molar-refractivity contribution in [2.45, 2.75) is 45.4 Å². The summed E-state index contributed by atoms with van der Waals surface area (Å²) in [5, 5.41) is 4.52. The zero-order chi connectivity index (χ0) is 26.6. The molecule has 1 amide bonds. The van der Waals surface area contributed by atoms with E-state index in [1.165, 1.54) is 47.0 Å². The highest BCUT2D eigenvalue weighted by Crippen LogP contribution is 2.40. The summed E-state index contributed by atoms with van der Waals surface area (Å²) in [5.41, 5.74) is 0.722.